The van der Waals surface area contributed by atoms with Crippen LogP contribution in [0.15, 0.2) is 48.5 Å². The van der Waals surface area contributed by atoms with Gasteiger partial charge in [0, 0.05) is 42.3 Å². The molecule has 2 aromatic carbocycles. The second kappa shape index (κ2) is 9.91. The molecule has 138 valence electrons. The molecule has 0 fully saturated rings. The zero-order chi connectivity index (χ0) is 18.9. The zero-order valence-electron chi connectivity index (χ0n) is 14.3. The Morgan fingerprint density at radius 2 is 1.85 bits per heavy atom. The highest BCUT2D eigenvalue weighted by atomic mass is 35.5. The number of aliphatic hydroxyl groups is 1. The molecule has 0 aliphatic carbocycles. The van der Waals surface area contributed by atoms with E-state index in [4.69, 9.17) is 17.3 Å². The summed E-state index contributed by atoms with van der Waals surface area (Å²) in [5, 5.41) is 12.7. The maximum Gasteiger partial charge on any atom is 0.248 e. The molecule has 0 saturated heterocycles. The number of halogens is 1. The number of rotatable bonds is 9. The van der Waals surface area contributed by atoms with Crippen molar-refractivity contribution in [3.63, 3.8) is 0 Å². The molecule has 4 N–H and O–H groups in total. The topological polar surface area (TPSA) is 95.7 Å². The molecule has 0 heterocycles. The second-order valence-corrected chi connectivity index (χ2v) is 6.31. The van der Waals surface area contributed by atoms with Crippen LogP contribution in [0.5, 0.6) is 0 Å². The van der Waals surface area contributed by atoms with Crippen molar-refractivity contribution in [3.8, 4) is 0 Å². The SMILES string of the molecule is NC(=O)c1ccc(NC(=O)CCN(CCO)Cc2cccc(Cl)c2)cc1. The molecular weight excluding hydrogens is 354 g/mol. The van der Waals surface area contributed by atoms with Crippen LogP contribution in [0, 0.1) is 0 Å². The van der Waals surface area contributed by atoms with Gasteiger partial charge in [-0.15, -0.1) is 0 Å². The number of nitrogens with zero attached hydrogens (tertiary/aromatic N) is 1. The summed E-state index contributed by atoms with van der Waals surface area (Å²) in [6.45, 7) is 1.57. The van der Waals surface area contributed by atoms with Crippen LogP contribution in [-0.4, -0.2) is 41.5 Å². The lowest BCUT2D eigenvalue weighted by Gasteiger charge is -2.21. The predicted molar refractivity (Wildman–Crippen MR) is 102 cm³/mol. The van der Waals surface area contributed by atoms with Gasteiger partial charge in [0.2, 0.25) is 11.8 Å². The molecule has 26 heavy (non-hydrogen) atoms. The highest BCUT2D eigenvalue weighted by molar-refractivity contribution is 6.30. The molecule has 2 rings (SSSR count). The van der Waals surface area contributed by atoms with E-state index in [2.05, 4.69) is 5.32 Å². The highest BCUT2D eigenvalue weighted by Crippen LogP contribution is 2.13. The molecule has 0 radical (unpaired) electrons. The lowest BCUT2D eigenvalue weighted by atomic mass is 10.2. The van der Waals surface area contributed by atoms with Crippen LogP contribution in [0.3, 0.4) is 0 Å². The third kappa shape index (κ3) is 6.48. The Kier molecular flexibility index (Phi) is 7.59. The predicted octanol–water partition coefficient (Wildman–Crippen LogP) is 2.26. The Bertz CT molecular complexity index is 750. The minimum absolute atomic E-state index is 0.0107. The van der Waals surface area contributed by atoms with E-state index in [1.54, 1.807) is 30.3 Å². The van der Waals surface area contributed by atoms with E-state index >= 15 is 0 Å². The second-order valence-electron chi connectivity index (χ2n) is 5.87. The molecule has 0 spiro atoms. The Morgan fingerprint density at radius 1 is 1.12 bits per heavy atom. The number of carbonyl (C=O) groups excluding carboxylic acids is 2. The monoisotopic (exact) mass is 375 g/mol. The quantitative estimate of drug-likeness (QED) is 0.626. The fourth-order valence-corrected chi connectivity index (χ4v) is 2.72. The van der Waals surface area contributed by atoms with Crippen LogP contribution >= 0.6 is 11.6 Å². The molecule has 0 unspecified atom stereocenters. The van der Waals surface area contributed by atoms with Gasteiger partial charge in [0.25, 0.3) is 0 Å². The first-order valence-electron chi connectivity index (χ1n) is 8.25. The van der Waals surface area contributed by atoms with Crippen LogP contribution in [-0.2, 0) is 11.3 Å². The number of nitrogens with two attached hydrogens (primary N) is 1. The number of amides is 2. The molecule has 7 heteroatoms. The maximum absolute atomic E-state index is 12.1. The molecule has 2 aromatic rings. The largest absolute Gasteiger partial charge is 0.395 e. The Labute approximate surface area is 157 Å². The van der Waals surface area contributed by atoms with E-state index in [1.807, 2.05) is 23.1 Å². The molecule has 0 bridgehead atoms. The number of anilines is 1. The van der Waals surface area contributed by atoms with Crippen molar-refractivity contribution >= 4 is 29.1 Å². The smallest absolute Gasteiger partial charge is 0.248 e. The van der Waals surface area contributed by atoms with E-state index < -0.39 is 5.91 Å². The van der Waals surface area contributed by atoms with Crippen molar-refractivity contribution in [3.05, 3.63) is 64.7 Å². The summed E-state index contributed by atoms with van der Waals surface area (Å²) >= 11 is 5.99. The highest BCUT2D eigenvalue weighted by Gasteiger charge is 2.10. The first-order chi connectivity index (χ1) is 12.5. The zero-order valence-corrected chi connectivity index (χ0v) is 15.1. The third-order valence-electron chi connectivity index (χ3n) is 3.82. The number of aliphatic hydroxyl groups excluding tert-OH is 1. The summed E-state index contributed by atoms with van der Waals surface area (Å²) in [6, 6.07) is 13.9. The summed E-state index contributed by atoms with van der Waals surface area (Å²) in [6.07, 6.45) is 0.276. The summed E-state index contributed by atoms with van der Waals surface area (Å²) in [5.74, 6) is -0.658. The van der Waals surface area contributed by atoms with E-state index in [0.29, 0.717) is 35.9 Å². The minimum Gasteiger partial charge on any atom is -0.395 e. The minimum atomic E-state index is -0.511. The Hall–Kier alpha value is -2.41. The van der Waals surface area contributed by atoms with Gasteiger partial charge in [-0.3, -0.25) is 14.5 Å². The van der Waals surface area contributed by atoms with E-state index in [1.165, 1.54) is 0 Å². The first kappa shape index (κ1) is 19.9. The summed E-state index contributed by atoms with van der Waals surface area (Å²) in [5.41, 5.74) is 7.20. The maximum atomic E-state index is 12.1. The molecule has 0 atom stereocenters. The van der Waals surface area contributed by atoms with Crippen LogP contribution in [0.4, 0.5) is 5.69 Å². The van der Waals surface area contributed by atoms with Crippen molar-refractivity contribution in [1.82, 2.24) is 4.90 Å². The van der Waals surface area contributed by atoms with E-state index in [0.717, 1.165) is 5.56 Å². The van der Waals surface area contributed by atoms with Gasteiger partial charge in [0.15, 0.2) is 0 Å². The molecule has 6 nitrogen and oxygen atoms in total. The number of primary amides is 1. The van der Waals surface area contributed by atoms with Gasteiger partial charge in [-0.05, 0) is 42.0 Å². The van der Waals surface area contributed by atoms with Crippen molar-refractivity contribution < 1.29 is 14.7 Å². The van der Waals surface area contributed by atoms with E-state index in [9.17, 15) is 14.7 Å². The van der Waals surface area contributed by atoms with Crippen LogP contribution in [0.25, 0.3) is 0 Å². The summed E-state index contributed by atoms with van der Waals surface area (Å²) < 4.78 is 0. The van der Waals surface area contributed by atoms with E-state index in [-0.39, 0.29) is 18.9 Å². The summed E-state index contributed by atoms with van der Waals surface area (Å²) in [4.78, 5) is 25.2. The number of hydrogen-bond donors (Lipinski definition) is 3. The number of carbonyl (C=O) groups is 2. The molecule has 2 amide bonds. The van der Waals surface area contributed by atoms with Crippen molar-refractivity contribution in [1.29, 1.82) is 0 Å². The molecule has 0 aliphatic heterocycles. The van der Waals surface area contributed by atoms with Crippen LogP contribution in [0.1, 0.15) is 22.3 Å². The molecule has 0 aromatic heterocycles. The first-order valence-corrected chi connectivity index (χ1v) is 8.63. The Morgan fingerprint density at radius 3 is 2.46 bits per heavy atom. The number of benzene rings is 2. The van der Waals surface area contributed by atoms with Crippen LogP contribution in [0.2, 0.25) is 5.02 Å². The lowest BCUT2D eigenvalue weighted by Crippen LogP contribution is -2.30. The molecule has 0 saturated carbocycles. The average Bonchev–Trinajstić information content (AvgIpc) is 2.60. The van der Waals surface area contributed by atoms with Gasteiger partial charge >= 0.3 is 0 Å². The van der Waals surface area contributed by atoms with Gasteiger partial charge in [0.1, 0.15) is 0 Å². The van der Waals surface area contributed by atoms with Gasteiger partial charge in [-0.1, -0.05) is 23.7 Å². The van der Waals surface area contributed by atoms with Crippen LogP contribution < -0.4 is 11.1 Å². The normalized spacial score (nSPS) is 10.7. The lowest BCUT2D eigenvalue weighted by molar-refractivity contribution is -0.116. The third-order valence-corrected chi connectivity index (χ3v) is 4.05. The van der Waals surface area contributed by atoms with Gasteiger partial charge in [0.05, 0.1) is 6.61 Å². The van der Waals surface area contributed by atoms with Gasteiger partial charge in [-0.2, -0.15) is 0 Å². The van der Waals surface area contributed by atoms with Crippen molar-refractivity contribution in [2.24, 2.45) is 5.73 Å². The average molecular weight is 376 g/mol. The van der Waals surface area contributed by atoms with Crippen molar-refractivity contribution in [2.75, 3.05) is 25.0 Å². The number of hydrogen-bond acceptors (Lipinski definition) is 4. The molecule has 0 aliphatic rings. The number of nitrogens with one attached hydrogen (secondary N) is 1. The van der Waals surface area contributed by atoms with Gasteiger partial charge in [-0.25, -0.2) is 0 Å². The Balaban J connectivity index is 1.87. The summed E-state index contributed by atoms with van der Waals surface area (Å²) in [7, 11) is 0. The van der Waals surface area contributed by atoms with Gasteiger partial charge < -0.3 is 16.2 Å². The van der Waals surface area contributed by atoms with Crippen molar-refractivity contribution in [2.45, 2.75) is 13.0 Å². The molecular formula is C19H22ClN3O3. The fraction of sp³-hybridized carbons (Fsp3) is 0.263. The standard InChI is InChI=1S/C19H22ClN3O3/c20-16-3-1-2-14(12-16)13-23(10-11-24)9-8-18(25)22-17-6-4-15(5-7-17)19(21)26/h1-7,12,24H,8-11,13H2,(H2,21,26)(H,22,25). The fourth-order valence-electron chi connectivity index (χ4n) is 2.51.